The number of likely N-dealkylation sites (N-methyl/N-ethyl adjacent to an activating group) is 1. The van der Waals surface area contributed by atoms with Crippen LogP contribution >= 0.6 is 11.8 Å². The van der Waals surface area contributed by atoms with Gasteiger partial charge in [0.1, 0.15) is 0 Å². The van der Waals surface area contributed by atoms with Crippen molar-refractivity contribution in [1.82, 2.24) is 9.80 Å². The van der Waals surface area contributed by atoms with E-state index >= 15 is 0 Å². The third-order valence-electron chi connectivity index (χ3n) is 2.97. The molecule has 0 radical (unpaired) electrons. The Bertz CT molecular complexity index is 559. The van der Waals surface area contributed by atoms with Crippen LogP contribution in [0.1, 0.15) is 6.92 Å². The highest BCUT2D eigenvalue weighted by Gasteiger charge is 2.34. The van der Waals surface area contributed by atoms with Crippen molar-refractivity contribution in [1.29, 1.82) is 0 Å². The Hall–Kier alpha value is -2.02. The highest BCUT2D eigenvalue weighted by atomic mass is 32.2. The molecule has 0 aromatic heterocycles. The largest absolute Gasteiger partial charge is 0.353 e. The van der Waals surface area contributed by atoms with Crippen molar-refractivity contribution in [2.24, 2.45) is 0 Å². The summed E-state index contributed by atoms with van der Waals surface area (Å²) < 4.78 is 0. The minimum Gasteiger partial charge on any atom is -0.353 e. The fourth-order valence-corrected chi connectivity index (χ4v) is 2.97. The minimum absolute atomic E-state index is 0.0219. The molecule has 1 heterocycles. The second-order valence-electron chi connectivity index (χ2n) is 4.39. The Balaban J connectivity index is 2.42. The minimum atomic E-state index is -0.426. The van der Waals surface area contributed by atoms with Crippen molar-refractivity contribution in [3.8, 4) is 0 Å². The van der Waals surface area contributed by atoms with Crippen LogP contribution < -0.4 is 0 Å². The van der Waals surface area contributed by atoms with E-state index in [1.807, 2.05) is 30.3 Å². The second kappa shape index (κ2) is 5.96. The molecule has 1 saturated heterocycles. The Kier molecular flexibility index (Phi) is 4.29. The molecule has 1 amide bonds. The molecule has 106 valence electrons. The SMILES string of the molecule is CC(=O)N1CCN(C)/C1=C(\Sc1ccccc1)[N+](=O)[O-]. The smallest absolute Gasteiger partial charge is 0.348 e. The number of hydrogen-bond acceptors (Lipinski definition) is 5. The van der Waals surface area contributed by atoms with Crippen LogP contribution in [0.25, 0.3) is 0 Å². The van der Waals surface area contributed by atoms with Crippen LogP contribution in [0.15, 0.2) is 46.1 Å². The number of nitrogens with zero attached hydrogens (tertiary/aromatic N) is 3. The van der Waals surface area contributed by atoms with Gasteiger partial charge in [-0.05, 0) is 23.9 Å². The standard InChI is InChI=1S/C13H15N3O3S/c1-10(17)15-9-8-14(2)12(15)13(16(18)19)20-11-6-4-3-5-7-11/h3-7H,8-9H2,1-2H3/b13-12+. The van der Waals surface area contributed by atoms with Gasteiger partial charge in [-0.3, -0.25) is 19.8 Å². The maximum Gasteiger partial charge on any atom is 0.348 e. The Morgan fingerprint density at radius 1 is 1.30 bits per heavy atom. The molecule has 1 aromatic rings. The van der Waals surface area contributed by atoms with Crippen LogP contribution in [0.5, 0.6) is 0 Å². The predicted molar refractivity (Wildman–Crippen MR) is 76.3 cm³/mol. The topological polar surface area (TPSA) is 66.7 Å². The summed E-state index contributed by atoms with van der Waals surface area (Å²) in [6.45, 7) is 2.50. The average Bonchev–Trinajstić information content (AvgIpc) is 2.79. The molecule has 0 unspecified atom stereocenters. The average molecular weight is 293 g/mol. The summed E-state index contributed by atoms with van der Waals surface area (Å²) >= 11 is 1.06. The lowest BCUT2D eigenvalue weighted by molar-refractivity contribution is -0.413. The molecular formula is C13H15N3O3S. The van der Waals surface area contributed by atoms with Crippen LogP contribution in [0.3, 0.4) is 0 Å². The summed E-state index contributed by atoms with van der Waals surface area (Å²) in [6.07, 6.45) is 0. The second-order valence-corrected chi connectivity index (χ2v) is 5.46. The zero-order valence-electron chi connectivity index (χ0n) is 11.3. The van der Waals surface area contributed by atoms with Crippen LogP contribution in [0.2, 0.25) is 0 Å². The van der Waals surface area contributed by atoms with Gasteiger partial charge in [-0.2, -0.15) is 0 Å². The van der Waals surface area contributed by atoms with Crippen molar-refractivity contribution in [2.75, 3.05) is 20.1 Å². The lowest BCUT2D eigenvalue weighted by Crippen LogP contribution is -2.28. The van der Waals surface area contributed by atoms with Gasteiger partial charge in [0.25, 0.3) is 0 Å². The number of carbonyl (C=O) groups excluding carboxylic acids is 1. The molecule has 1 aliphatic heterocycles. The molecule has 7 heteroatoms. The van der Waals surface area contributed by atoms with Crippen LogP contribution in [0.4, 0.5) is 0 Å². The van der Waals surface area contributed by atoms with Crippen LogP contribution in [-0.4, -0.2) is 40.8 Å². The zero-order valence-corrected chi connectivity index (χ0v) is 12.1. The van der Waals surface area contributed by atoms with Crippen molar-refractivity contribution >= 4 is 17.7 Å². The third-order valence-corrected chi connectivity index (χ3v) is 4.00. The summed E-state index contributed by atoms with van der Waals surface area (Å²) in [6, 6.07) is 9.12. The van der Waals surface area contributed by atoms with Gasteiger partial charge >= 0.3 is 5.03 Å². The number of nitro groups is 1. The van der Waals surface area contributed by atoms with Crippen LogP contribution in [0, 0.1) is 10.1 Å². The molecule has 2 rings (SSSR count). The van der Waals surface area contributed by atoms with E-state index in [0.717, 1.165) is 16.7 Å². The molecule has 0 atom stereocenters. The number of thioether (sulfide) groups is 1. The Morgan fingerprint density at radius 3 is 2.50 bits per heavy atom. The molecule has 6 nitrogen and oxygen atoms in total. The van der Waals surface area contributed by atoms with E-state index in [1.54, 1.807) is 11.9 Å². The van der Waals surface area contributed by atoms with Gasteiger partial charge in [-0.25, -0.2) is 0 Å². The predicted octanol–water partition coefficient (Wildman–Crippen LogP) is 1.98. The van der Waals surface area contributed by atoms with E-state index in [4.69, 9.17) is 0 Å². The fraction of sp³-hybridized carbons (Fsp3) is 0.308. The quantitative estimate of drug-likeness (QED) is 0.484. The maximum absolute atomic E-state index is 11.6. The molecule has 20 heavy (non-hydrogen) atoms. The number of hydrogen-bond donors (Lipinski definition) is 0. The van der Waals surface area contributed by atoms with Gasteiger partial charge in [0.05, 0.1) is 4.92 Å². The first-order valence-electron chi connectivity index (χ1n) is 6.11. The first-order chi connectivity index (χ1) is 9.50. The fourth-order valence-electron chi connectivity index (χ4n) is 2.02. The lowest BCUT2D eigenvalue weighted by Gasteiger charge is -2.18. The summed E-state index contributed by atoms with van der Waals surface area (Å²) in [5.41, 5.74) is 0. The number of benzene rings is 1. The van der Waals surface area contributed by atoms with Crippen molar-refractivity contribution in [3.63, 3.8) is 0 Å². The summed E-state index contributed by atoms with van der Waals surface area (Å²) in [7, 11) is 1.76. The number of amides is 1. The van der Waals surface area contributed by atoms with E-state index in [0.29, 0.717) is 18.9 Å². The zero-order chi connectivity index (χ0) is 14.7. The molecule has 0 spiro atoms. The Labute approximate surface area is 121 Å². The normalized spacial score (nSPS) is 17.3. The molecular weight excluding hydrogens is 278 g/mol. The summed E-state index contributed by atoms with van der Waals surface area (Å²) in [4.78, 5) is 26.5. The van der Waals surface area contributed by atoms with Gasteiger partial charge in [-0.1, -0.05) is 18.2 Å². The van der Waals surface area contributed by atoms with Crippen molar-refractivity contribution < 1.29 is 9.72 Å². The third kappa shape index (κ3) is 2.93. The molecule has 0 bridgehead atoms. The van der Waals surface area contributed by atoms with E-state index in [2.05, 4.69) is 0 Å². The summed E-state index contributed by atoms with van der Waals surface area (Å²) in [5.74, 6) is 0.189. The van der Waals surface area contributed by atoms with Gasteiger partial charge in [-0.15, -0.1) is 0 Å². The first kappa shape index (κ1) is 14.4. The highest BCUT2D eigenvalue weighted by Crippen LogP contribution is 2.33. The van der Waals surface area contributed by atoms with E-state index in [1.165, 1.54) is 11.8 Å². The first-order valence-corrected chi connectivity index (χ1v) is 6.93. The van der Waals surface area contributed by atoms with Gasteiger partial charge in [0, 0.05) is 32.0 Å². The van der Waals surface area contributed by atoms with Crippen molar-refractivity contribution in [3.05, 3.63) is 51.3 Å². The maximum atomic E-state index is 11.6. The highest BCUT2D eigenvalue weighted by molar-refractivity contribution is 8.02. The van der Waals surface area contributed by atoms with E-state index in [-0.39, 0.29) is 10.9 Å². The molecule has 0 aliphatic carbocycles. The van der Waals surface area contributed by atoms with Crippen molar-refractivity contribution in [2.45, 2.75) is 11.8 Å². The van der Waals surface area contributed by atoms with Gasteiger partial charge in [0.2, 0.25) is 5.91 Å². The van der Waals surface area contributed by atoms with E-state index < -0.39 is 4.92 Å². The molecule has 1 fully saturated rings. The van der Waals surface area contributed by atoms with E-state index in [9.17, 15) is 14.9 Å². The lowest BCUT2D eigenvalue weighted by atomic mass is 10.4. The number of rotatable bonds is 3. The summed E-state index contributed by atoms with van der Waals surface area (Å²) in [5, 5.41) is 11.3. The molecule has 0 saturated carbocycles. The molecule has 1 aliphatic rings. The molecule has 0 N–H and O–H groups in total. The Morgan fingerprint density at radius 2 is 1.95 bits per heavy atom. The monoisotopic (exact) mass is 293 g/mol. The van der Waals surface area contributed by atoms with Gasteiger partial charge in [0.15, 0.2) is 5.82 Å². The number of carbonyl (C=O) groups is 1. The van der Waals surface area contributed by atoms with Crippen LogP contribution in [-0.2, 0) is 4.79 Å². The molecule has 1 aromatic carbocycles. The van der Waals surface area contributed by atoms with Gasteiger partial charge < -0.3 is 4.90 Å².